The van der Waals surface area contributed by atoms with E-state index in [0.717, 1.165) is 22.3 Å². The van der Waals surface area contributed by atoms with Crippen LogP contribution in [0.15, 0.2) is 61.1 Å². The summed E-state index contributed by atoms with van der Waals surface area (Å²) in [5.41, 5.74) is 3.19. The van der Waals surface area contributed by atoms with Crippen molar-refractivity contribution in [1.82, 2.24) is 34.8 Å². The fourth-order valence-corrected chi connectivity index (χ4v) is 4.63. The molecular formula is C26H24N8O3. The fourth-order valence-electron chi connectivity index (χ4n) is 4.63. The monoisotopic (exact) mass is 496 g/mol. The molecule has 11 heteroatoms. The van der Waals surface area contributed by atoms with Crippen molar-refractivity contribution in [2.45, 2.75) is 6.92 Å². The zero-order valence-corrected chi connectivity index (χ0v) is 20.2. The first-order chi connectivity index (χ1) is 18.1. The largest absolute Gasteiger partial charge is 0.494 e. The first-order valence-corrected chi connectivity index (χ1v) is 12.1. The molecule has 1 aliphatic rings. The van der Waals surface area contributed by atoms with Gasteiger partial charge < -0.3 is 19.5 Å². The standard InChI is InChI=1S/C26H24N8O3/c1-2-37-18-9-7-17(8-10-18)34-25-22(30-31-34)24(28-16-29-25)32-11-13-33(14-12-32)26(36)23(35)20-15-27-21-6-4-3-5-19(20)21/h3-10,15-16,27H,2,11-14H2,1H3. The van der Waals surface area contributed by atoms with Crippen molar-refractivity contribution in [1.29, 1.82) is 0 Å². The van der Waals surface area contributed by atoms with Gasteiger partial charge in [0.25, 0.3) is 11.7 Å². The molecule has 3 aromatic heterocycles. The second-order valence-corrected chi connectivity index (χ2v) is 8.65. The van der Waals surface area contributed by atoms with Crippen LogP contribution in [0.5, 0.6) is 5.75 Å². The van der Waals surface area contributed by atoms with Crippen molar-refractivity contribution >= 4 is 39.6 Å². The third-order valence-corrected chi connectivity index (χ3v) is 6.51. The molecule has 5 aromatic rings. The van der Waals surface area contributed by atoms with E-state index < -0.39 is 11.7 Å². The number of nitrogens with zero attached hydrogens (tertiary/aromatic N) is 7. The van der Waals surface area contributed by atoms with Crippen LogP contribution in [0.25, 0.3) is 27.8 Å². The van der Waals surface area contributed by atoms with Crippen molar-refractivity contribution in [3.63, 3.8) is 0 Å². The Morgan fingerprint density at radius 3 is 2.57 bits per heavy atom. The maximum absolute atomic E-state index is 13.0. The summed E-state index contributed by atoms with van der Waals surface area (Å²) < 4.78 is 7.18. The quantitative estimate of drug-likeness (QED) is 0.281. The highest BCUT2D eigenvalue weighted by molar-refractivity contribution is 6.44. The number of ether oxygens (including phenoxy) is 1. The third-order valence-electron chi connectivity index (χ3n) is 6.51. The van der Waals surface area contributed by atoms with Gasteiger partial charge in [0.1, 0.15) is 12.1 Å². The van der Waals surface area contributed by atoms with E-state index in [9.17, 15) is 9.59 Å². The van der Waals surface area contributed by atoms with Gasteiger partial charge in [0.15, 0.2) is 17.0 Å². The number of carbonyl (C=O) groups is 2. The van der Waals surface area contributed by atoms with E-state index in [-0.39, 0.29) is 0 Å². The first kappa shape index (κ1) is 22.7. The average molecular weight is 497 g/mol. The van der Waals surface area contributed by atoms with Crippen LogP contribution in [0.2, 0.25) is 0 Å². The van der Waals surface area contributed by atoms with Crippen LogP contribution in [0.4, 0.5) is 5.82 Å². The van der Waals surface area contributed by atoms with Gasteiger partial charge in [-0.15, -0.1) is 5.10 Å². The molecule has 1 amide bonds. The van der Waals surface area contributed by atoms with Gasteiger partial charge in [-0.2, -0.15) is 4.68 Å². The summed E-state index contributed by atoms with van der Waals surface area (Å²) in [6.07, 6.45) is 3.09. The predicted molar refractivity (Wildman–Crippen MR) is 137 cm³/mol. The van der Waals surface area contributed by atoms with Crippen LogP contribution in [0.3, 0.4) is 0 Å². The zero-order chi connectivity index (χ0) is 25.4. The van der Waals surface area contributed by atoms with Crippen molar-refractivity contribution in [2.75, 3.05) is 37.7 Å². The molecule has 0 radical (unpaired) electrons. The topological polar surface area (TPSA) is 122 Å². The van der Waals surface area contributed by atoms with E-state index in [2.05, 4.69) is 25.3 Å². The summed E-state index contributed by atoms with van der Waals surface area (Å²) in [4.78, 5) is 41.5. The molecule has 1 fully saturated rings. The third kappa shape index (κ3) is 4.03. The van der Waals surface area contributed by atoms with E-state index in [1.807, 2.05) is 60.4 Å². The van der Waals surface area contributed by atoms with E-state index in [1.54, 1.807) is 15.8 Å². The van der Waals surface area contributed by atoms with E-state index in [1.165, 1.54) is 6.33 Å². The number of aromatic amines is 1. The van der Waals surface area contributed by atoms with Crippen LogP contribution in [0.1, 0.15) is 17.3 Å². The van der Waals surface area contributed by atoms with Crippen LogP contribution in [0, 0.1) is 0 Å². The summed E-state index contributed by atoms with van der Waals surface area (Å²) in [5, 5.41) is 9.40. The number of anilines is 1. The minimum atomic E-state index is -0.506. The molecule has 1 saturated heterocycles. The number of carbonyl (C=O) groups excluding carboxylic acids is 2. The highest BCUT2D eigenvalue weighted by Gasteiger charge is 2.29. The normalized spacial score (nSPS) is 13.9. The summed E-state index contributed by atoms with van der Waals surface area (Å²) in [7, 11) is 0. The van der Waals surface area contributed by atoms with Crippen molar-refractivity contribution in [3.8, 4) is 11.4 Å². The Morgan fingerprint density at radius 1 is 1.00 bits per heavy atom. The molecule has 2 aromatic carbocycles. The molecule has 186 valence electrons. The van der Waals surface area contributed by atoms with E-state index in [0.29, 0.717) is 55.3 Å². The Labute approximate surface area is 211 Å². The van der Waals surface area contributed by atoms with Crippen molar-refractivity contribution < 1.29 is 14.3 Å². The number of amides is 1. The van der Waals surface area contributed by atoms with Gasteiger partial charge in [0.2, 0.25) is 0 Å². The Bertz CT molecular complexity index is 1600. The number of nitrogens with one attached hydrogen (secondary N) is 1. The van der Waals surface area contributed by atoms with Crippen molar-refractivity contribution in [3.05, 3.63) is 66.6 Å². The molecule has 37 heavy (non-hydrogen) atoms. The number of H-pyrrole nitrogens is 1. The second-order valence-electron chi connectivity index (χ2n) is 8.65. The lowest BCUT2D eigenvalue weighted by molar-refractivity contribution is -0.126. The number of benzene rings is 2. The van der Waals surface area contributed by atoms with Crippen LogP contribution < -0.4 is 9.64 Å². The second kappa shape index (κ2) is 9.34. The van der Waals surface area contributed by atoms with Crippen LogP contribution >= 0.6 is 0 Å². The number of para-hydroxylation sites is 1. The number of hydrogen-bond acceptors (Lipinski definition) is 8. The minimum absolute atomic E-state index is 0.394. The minimum Gasteiger partial charge on any atom is -0.494 e. The average Bonchev–Trinajstić information content (AvgIpc) is 3.58. The van der Waals surface area contributed by atoms with Gasteiger partial charge in [-0.1, -0.05) is 23.4 Å². The van der Waals surface area contributed by atoms with Crippen LogP contribution in [-0.2, 0) is 4.79 Å². The van der Waals surface area contributed by atoms with Gasteiger partial charge in [0, 0.05) is 43.3 Å². The number of piperazine rings is 1. The fraction of sp³-hybridized carbons (Fsp3) is 0.231. The summed E-state index contributed by atoms with van der Waals surface area (Å²) in [5.74, 6) is 0.422. The van der Waals surface area contributed by atoms with E-state index in [4.69, 9.17) is 4.74 Å². The lowest BCUT2D eigenvalue weighted by Gasteiger charge is -2.34. The highest BCUT2D eigenvalue weighted by atomic mass is 16.5. The van der Waals surface area contributed by atoms with E-state index >= 15 is 0 Å². The molecule has 0 spiro atoms. The number of Topliss-reactive ketones (excluding diaryl/α,β-unsaturated/α-hetero) is 1. The Hall–Kier alpha value is -4.80. The molecule has 1 aliphatic heterocycles. The SMILES string of the molecule is CCOc1ccc(-n2nnc3c(N4CCN(C(=O)C(=O)c5c[nH]c6ccccc56)CC4)ncnc32)cc1. The number of hydrogen-bond donors (Lipinski definition) is 1. The number of fused-ring (bicyclic) bond motifs is 2. The van der Waals surface area contributed by atoms with Gasteiger partial charge in [0.05, 0.1) is 17.9 Å². The maximum atomic E-state index is 13.0. The lowest BCUT2D eigenvalue weighted by atomic mass is 10.1. The van der Waals surface area contributed by atoms with Crippen molar-refractivity contribution in [2.24, 2.45) is 0 Å². The van der Waals surface area contributed by atoms with Gasteiger partial charge in [-0.3, -0.25) is 9.59 Å². The predicted octanol–water partition coefficient (Wildman–Crippen LogP) is 2.62. The zero-order valence-electron chi connectivity index (χ0n) is 20.2. The molecule has 4 heterocycles. The number of rotatable bonds is 6. The smallest absolute Gasteiger partial charge is 0.295 e. The molecule has 11 nitrogen and oxygen atoms in total. The number of aromatic nitrogens is 6. The van der Waals surface area contributed by atoms with Crippen LogP contribution in [-0.4, -0.2) is 79.3 Å². The molecule has 0 atom stereocenters. The first-order valence-electron chi connectivity index (χ1n) is 12.1. The highest BCUT2D eigenvalue weighted by Crippen LogP contribution is 2.25. The van der Waals surface area contributed by atoms with Gasteiger partial charge in [-0.25, -0.2) is 9.97 Å². The lowest BCUT2D eigenvalue weighted by Crippen LogP contribution is -2.51. The molecule has 1 N–H and O–H groups in total. The van der Waals surface area contributed by atoms with Gasteiger partial charge in [-0.05, 0) is 37.3 Å². The summed E-state index contributed by atoms with van der Waals surface area (Å²) in [6, 6.07) is 15.0. The molecule has 6 rings (SSSR count). The van der Waals surface area contributed by atoms with Gasteiger partial charge >= 0.3 is 0 Å². The Balaban J connectivity index is 1.18. The maximum Gasteiger partial charge on any atom is 0.295 e. The molecule has 0 bridgehead atoms. The number of ketones is 1. The molecule has 0 unspecified atom stereocenters. The Kier molecular flexibility index (Phi) is 5.72. The molecule has 0 aliphatic carbocycles. The molecular weight excluding hydrogens is 472 g/mol. The Morgan fingerprint density at radius 2 is 1.78 bits per heavy atom. The molecule has 0 saturated carbocycles. The summed E-state index contributed by atoms with van der Waals surface area (Å²) >= 11 is 0. The summed E-state index contributed by atoms with van der Waals surface area (Å²) in [6.45, 7) is 4.34.